The molecule has 3 heterocycles. The number of nitrogens with one attached hydrogen (secondary N) is 1. The molecule has 0 radical (unpaired) electrons. The number of nitrogens with zero attached hydrogens (tertiary/aromatic N) is 3. The van der Waals surface area contributed by atoms with Crippen molar-refractivity contribution in [1.29, 1.82) is 0 Å². The zero-order valence-corrected chi connectivity index (χ0v) is 16.2. The smallest absolute Gasteiger partial charge is 0.280 e. The average Bonchev–Trinajstić information content (AvgIpc) is 3.23. The lowest BCUT2D eigenvalue weighted by Crippen LogP contribution is -2.29. The summed E-state index contributed by atoms with van der Waals surface area (Å²) in [6, 6.07) is 6.38. The SMILES string of the molecule is COc1ccc(N2C(=O)c3n[nH]c(CC(C)C)c3C2c2ccc(F)c(F)c2)cn1. The van der Waals surface area contributed by atoms with Crippen LogP contribution in [0.2, 0.25) is 0 Å². The lowest BCUT2D eigenvalue weighted by Gasteiger charge is -2.26. The van der Waals surface area contributed by atoms with Crippen LogP contribution in [0.5, 0.6) is 5.88 Å². The second-order valence-electron chi connectivity index (χ2n) is 7.37. The molecule has 1 atom stereocenters. The molecule has 0 bridgehead atoms. The molecule has 4 rings (SSSR count). The maximum atomic E-state index is 14.0. The van der Waals surface area contributed by atoms with Crippen LogP contribution in [-0.4, -0.2) is 28.2 Å². The van der Waals surface area contributed by atoms with E-state index in [4.69, 9.17) is 4.74 Å². The topological polar surface area (TPSA) is 71.1 Å². The van der Waals surface area contributed by atoms with Crippen molar-refractivity contribution in [3.8, 4) is 5.88 Å². The highest BCUT2D eigenvalue weighted by molar-refractivity contribution is 6.10. The molecular formula is C21H20F2N4O2. The summed E-state index contributed by atoms with van der Waals surface area (Å²) < 4.78 is 32.7. The molecule has 1 aliphatic rings. The van der Waals surface area contributed by atoms with Gasteiger partial charge >= 0.3 is 0 Å². The molecule has 1 amide bonds. The van der Waals surface area contributed by atoms with Gasteiger partial charge in [0.1, 0.15) is 0 Å². The largest absolute Gasteiger partial charge is 0.481 e. The van der Waals surface area contributed by atoms with Crippen molar-refractivity contribution in [3.63, 3.8) is 0 Å². The minimum absolute atomic E-state index is 0.284. The van der Waals surface area contributed by atoms with E-state index in [9.17, 15) is 13.6 Å². The van der Waals surface area contributed by atoms with Crippen LogP contribution in [0.3, 0.4) is 0 Å². The van der Waals surface area contributed by atoms with E-state index in [0.29, 0.717) is 35.0 Å². The molecule has 1 N–H and O–H groups in total. The number of ether oxygens (including phenoxy) is 1. The van der Waals surface area contributed by atoms with E-state index in [2.05, 4.69) is 29.0 Å². The molecular weight excluding hydrogens is 378 g/mol. The van der Waals surface area contributed by atoms with Crippen LogP contribution in [0.1, 0.15) is 47.2 Å². The van der Waals surface area contributed by atoms with Gasteiger partial charge in [-0.05, 0) is 36.1 Å². The number of methoxy groups -OCH3 is 1. The number of hydrogen-bond acceptors (Lipinski definition) is 4. The van der Waals surface area contributed by atoms with E-state index in [1.165, 1.54) is 24.3 Å². The first kappa shape index (κ1) is 19.0. The number of aromatic amines is 1. The van der Waals surface area contributed by atoms with Gasteiger partial charge in [0.15, 0.2) is 17.3 Å². The zero-order valence-electron chi connectivity index (χ0n) is 16.2. The monoisotopic (exact) mass is 398 g/mol. The van der Waals surface area contributed by atoms with Crippen molar-refractivity contribution in [2.45, 2.75) is 26.3 Å². The Morgan fingerprint density at radius 3 is 2.62 bits per heavy atom. The van der Waals surface area contributed by atoms with E-state index in [0.717, 1.165) is 17.8 Å². The summed E-state index contributed by atoms with van der Waals surface area (Å²) in [5.41, 5.74) is 2.75. The second kappa shape index (κ2) is 7.27. The fourth-order valence-corrected chi connectivity index (χ4v) is 3.67. The molecule has 2 aromatic heterocycles. The van der Waals surface area contributed by atoms with Crippen LogP contribution in [0.25, 0.3) is 0 Å². The number of anilines is 1. The van der Waals surface area contributed by atoms with Gasteiger partial charge in [0.2, 0.25) is 5.88 Å². The number of H-pyrrole nitrogens is 1. The fourth-order valence-electron chi connectivity index (χ4n) is 3.67. The van der Waals surface area contributed by atoms with Crippen molar-refractivity contribution < 1.29 is 18.3 Å². The van der Waals surface area contributed by atoms with Crippen LogP contribution in [0, 0.1) is 17.6 Å². The van der Waals surface area contributed by atoms with Crippen molar-refractivity contribution >= 4 is 11.6 Å². The molecule has 0 saturated heterocycles. The lowest BCUT2D eigenvalue weighted by molar-refractivity contribution is 0.0988. The number of carbonyl (C=O) groups excluding carboxylic acids is 1. The summed E-state index contributed by atoms with van der Waals surface area (Å²) >= 11 is 0. The predicted octanol–water partition coefficient (Wildman–Crippen LogP) is 4.04. The maximum absolute atomic E-state index is 14.0. The van der Waals surface area contributed by atoms with E-state index in [1.807, 2.05) is 0 Å². The Balaban J connectivity index is 1.88. The molecule has 0 aliphatic carbocycles. The minimum Gasteiger partial charge on any atom is -0.481 e. The molecule has 150 valence electrons. The lowest BCUT2D eigenvalue weighted by atomic mass is 9.95. The summed E-state index contributed by atoms with van der Waals surface area (Å²) in [5.74, 6) is -1.51. The van der Waals surface area contributed by atoms with Gasteiger partial charge in [-0.15, -0.1) is 0 Å². The van der Waals surface area contributed by atoms with Gasteiger partial charge in [-0.3, -0.25) is 14.8 Å². The van der Waals surface area contributed by atoms with Crippen molar-refractivity contribution in [2.24, 2.45) is 5.92 Å². The van der Waals surface area contributed by atoms with Crippen molar-refractivity contribution in [3.05, 3.63) is 70.7 Å². The third kappa shape index (κ3) is 3.24. The third-order valence-corrected chi connectivity index (χ3v) is 4.92. The van der Waals surface area contributed by atoms with Gasteiger partial charge in [-0.2, -0.15) is 5.10 Å². The quantitative estimate of drug-likeness (QED) is 0.704. The van der Waals surface area contributed by atoms with Crippen LogP contribution in [-0.2, 0) is 6.42 Å². The number of carbonyl (C=O) groups is 1. The van der Waals surface area contributed by atoms with Gasteiger partial charge in [-0.1, -0.05) is 19.9 Å². The van der Waals surface area contributed by atoms with Gasteiger partial charge in [0, 0.05) is 17.3 Å². The second-order valence-corrected chi connectivity index (χ2v) is 7.37. The molecule has 0 saturated carbocycles. The average molecular weight is 398 g/mol. The Labute approximate surface area is 166 Å². The molecule has 0 spiro atoms. The summed E-state index contributed by atoms with van der Waals surface area (Å²) in [6.07, 6.45) is 2.19. The summed E-state index contributed by atoms with van der Waals surface area (Å²) in [5, 5.41) is 7.18. The molecule has 3 aromatic rings. The van der Waals surface area contributed by atoms with Crippen molar-refractivity contribution in [2.75, 3.05) is 12.0 Å². The summed E-state index contributed by atoms with van der Waals surface area (Å²) in [6.45, 7) is 4.11. The molecule has 0 fully saturated rings. The minimum atomic E-state index is -0.967. The highest BCUT2D eigenvalue weighted by atomic mass is 19.2. The molecule has 1 aromatic carbocycles. The fraction of sp³-hybridized carbons (Fsp3) is 0.286. The van der Waals surface area contributed by atoms with Gasteiger partial charge < -0.3 is 4.74 Å². The first-order chi connectivity index (χ1) is 13.9. The van der Waals surface area contributed by atoms with Crippen molar-refractivity contribution in [1.82, 2.24) is 15.2 Å². The Morgan fingerprint density at radius 1 is 1.21 bits per heavy atom. The highest BCUT2D eigenvalue weighted by Crippen LogP contribution is 2.43. The number of pyridine rings is 1. The standard InChI is InChI=1S/C21H20F2N4O2/c1-11(2)8-16-18-19(26-25-16)21(28)27(13-5-7-17(29-3)24-10-13)20(18)12-4-6-14(22)15(23)9-12/h4-7,9-11,20H,8H2,1-3H3,(H,25,26). The Bertz CT molecular complexity index is 1060. The molecule has 29 heavy (non-hydrogen) atoms. The van der Waals surface area contributed by atoms with E-state index < -0.39 is 17.7 Å². The van der Waals surface area contributed by atoms with Gasteiger partial charge in [0.25, 0.3) is 5.91 Å². The van der Waals surface area contributed by atoms with Gasteiger partial charge in [0.05, 0.1) is 25.0 Å². The van der Waals surface area contributed by atoms with Crippen LogP contribution >= 0.6 is 0 Å². The number of aromatic nitrogens is 3. The van der Waals surface area contributed by atoms with Gasteiger partial charge in [-0.25, -0.2) is 13.8 Å². The van der Waals surface area contributed by atoms with E-state index >= 15 is 0 Å². The van der Waals surface area contributed by atoms with E-state index in [1.54, 1.807) is 12.1 Å². The Kier molecular flexibility index (Phi) is 4.77. The number of hydrogen-bond donors (Lipinski definition) is 1. The molecule has 6 nitrogen and oxygen atoms in total. The number of halogens is 2. The van der Waals surface area contributed by atoms with Crippen LogP contribution in [0.4, 0.5) is 14.5 Å². The Hall–Kier alpha value is -3.29. The van der Waals surface area contributed by atoms with Crippen LogP contribution < -0.4 is 9.64 Å². The summed E-state index contributed by atoms with van der Waals surface area (Å²) in [4.78, 5) is 18.9. The number of amides is 1. The highest BCUT2D eigenvalue weighted by Gasteiger charge is 2.43. The predicted molar refractivity (Wildman–Crippen MR) is 103 cm³/mol. The first-order valence-corrected chi connectivity index (χ1v) is 9.26. The zero-order chi connectivity index (χ0) is 20.7. The maximum Gasteiger partial charge on any atom is 0.280 e. The normalized spacial score (nSPS) is 15.9. The first-order valence-electron chi connectivity index (χ1n) is 9.26. The third-order valence-electron chi connectivity index (χ3n) is 4.92. The van der Waals surface area contributed by atoms with E-state index in [-0.39, 0.29) is 11.6 Å². The Morgan fingerprint density at radius 2 is 2.00 bits per heavy atom. The number of fused-ring (bicyclic) bond motifs is 1. The molecule has 1 aliphatic heterocycles. The molecule has 8 heteroatoms. The number of rotatable bonds is 5. The summed E-state index contributed by atoms with van der Waals surface area (Å²) in [7, 11) is 1.50. The van der Waals surface area contributed by atoms with Crippen LogP contribution in [0.15, 0.2) is 36.5 Å². The number of benzene rings is 1. The molecule has 1 unspecified atom stereocenters.